The average molecular weight is 364 g/mol. The summed E-state index contributed by atoms with van der Waals surface area (Å²) in [6.07, 6.45) is 0. The third-order valence-corrected chi connectivity index (χ3v) is 4.94. The molecule has 2 heteroatoms. The topological polar surface area (TPSA) is 33.0 Å². The van der Waals surface area contributed by atoms with Crippen molar-refractivity contribution >= 4 is 0 Å². The summed E-state index contributed by atoms with van der Waals surface area (Å²) in [4.78, 5) is 0. The first-order valence-corrected chi connectivity index (χ1v) is 9.64. The summed E-state index contributed by atoms with van der Waals surface area (Å²) in [5.74, 6) is 0.853. The SMILES string of the molecule is CC(C)(C)c1cc(C(C)(C)C)c(OCc2ccccc2)c(C(C)(C)C#N)c1. The molecule has 0 bridgehead atoms. The Morgan fingerprint density at radius 3 is 1.85 bits per heavy atom. The number of hydrogen-bond acceptors (Lipinski definition) is 2. The highest BCUT2D eigenvalue weighted by molar-refractivity contribution is 5.54. The number of ether oxygens (including phenoxy) is 1. The van der Waals surface area contributed by atoms with Crippen LogP contribution < -0.4 is 4.74 Å². The second-order valence-electron chi connectivity index (χ2n) is 9.91. The minimum Gasteiger partial charge on any atom is -0.488 e. The van der Waals surface area contributed by atoms with Gasteiger partial charge in [-0.1, -0.05) is 77.9 Å². The van der Waals surface area contributed by atoms with Gasteiger partial charge in [0, 0.05) is 11.1 Å². The first kappa shape index (κ1) is 21.0. The molecule has 0 spiro atoms. The van der Waals surface area contributed by atoms with Crippen molar-refractivity contribution < 1.29 is 4.74 Å². The van der Waals surface area contributed by atoms with Gasteiger partial charge in [-0.2, -0.15) is 5.26 Å². The Hall–Kier alpha value is -2.27. The normalized spacial score (nSPS) is 12.6. The van der Waals surface area contributed by atoms with E-state index in [1.165, 1.54) is 5.56 Å². The maximum Gasteiger partial charge on any atom is 0.128 e. The lowest BCUT2D eigenvalue weighted by atomic mass is 9.74. The second-order valence-corrected chi connectivity index (χ2v) is 9.91. The van der Waals surface area contributed by atoms with E-state index in [9.17, 15) is 5.26 Å². The van der Waals surface area contributed by atoms with E-state index in [1.807, 2.05) is 32.0 Å². The molecule has 0 unspecified atom stereocenters. The number of hydrogen-bond donors (Lipinski definition) is 0. The van der Waals surface area contributed by atoms with E-state index in [0.717, 1.165) is 22.4 Å². The molecule has 0 N–H and O–H groups in total. The Morgan fingerprint density at radius 2 is 1.37 bits per heavy atom. The standard InChI is InChI=1S/C25H33NO/c1-23(2,3)19-14-20(24(4,5)6)22(21(15-19)25(7,8)17-26)27-16-18-12-10-9-11-13-18/h9-15H,16H2,1-8H3. The van der Waals surface area contributed by atoms with E-state index in [4.69, 9.17) is 4.74 Å². The van der Waals surface area contributed by atoms with Crippen LogP contribution in [0, 0.1) is 11.3 Å². The van der Waals surface area contributed by atoms with Crippen LogP contribution in [-0.2, 0) is 22.9 Å². The third-order valence-electron chi connectivity index (χ3n) is 4.94. The molecule has 27 heavy (non-hydrogen) atoms. The van der Waals surface area contributed by atoms with Crippen molar-refractivity contribution in [2.24, 2.45) is 0 Å². The Kier molecular flexibility index (Phi) is 5.76. The monoisotopic (exact) mass is 363 g/mol. The van der Waals surface area contributed by atoms with Crippen molar-refractivity contribution in [2.75, 3.05) is 0 Å². The molecule has 2 aromatic carbocycles. The van der Waals surface area contributed by atoms with Gasteiger partial charge in [0.15, 0.2) is 0 Å². The van der Waals surface area contributed by atoms with E-state index < -0.39 is 5.41 Å². The molecule has 2 rings (SSSR count). The van der Waals surface area contributed by atoms with Gasteiger partial charge >= 0.3 is 0 Å². The molecular weight excluding hydrogens is 330 g/mol. The molecule has 0 atom stereocenters. The van der Waals surface area contributed by atoms with E-state index >= 15 is 0 Å². The first-order valence-electron chi connectivity index (χ1n) is 9.64. The molecule has 0 aromatic heterocycles. The summed E-state index contributed by atoms with van der Waals surface area (Å²) in [6, 6.07) is 17.1. The second kappa shape index (κ2) is 7.39. The quantitative estimate of drug-likeness (QED) is 0.608. The molecule has 0 aliphatic rings. The maximum absolute atomic E-state index is 9.84. The summed E-state index contributed by atoms with van der Waals surface area (Å²) in [5, 5.41) is 9.84. The van der Waals surface area contributed by atoms with Crippen LogP contribution in [0.3, 0.4) is 0 Å². The van der Waals surface area contributed by atoms with Gasteiger partial charge in [0.1, 0.15) is 12.4 Å². The smallest absolute Gasteiger partial charge is 0.128 e. The van der Waals surface area contributed by atoms with Gasteiger partial charge in [0.05, 0.1) is 11.5 Å². The van der Waals surface area contributed by atoms with Gasteiger partial charge < -0.3 is 4.74 Å². The van der Waals surface area contributed by atoms with Crippen LogP contribution in [0.1, 0.15) is 77.6 Å². The van der Waals surface area contributed by atoms with Crippen molar-refractivity contribution in [3.63, 3.8) is 0 Å². The highest BCUT2D eigenvalue weighted by Gasteiger charge is 2.32. The number of benzene rings is 2. The first-order chi connectivity index (χ1) is 12.4. The fourth-order valence-electron chi connectivity index (χ4n) is 3.03. The van der Waals surface area contributed by atoms with Crippen LogP contribution in [0.5, 0.6) is 5.75 Å². The molecule has 0 aliphatic carbocycles. The predicted molar refractivity (Wildman–Crippen MR) is 113 cm³/mol. The predicted octanol–water partition coefficient (Wildman–Crippen LogP) is 6.66. The van der Waals surface area contributed by atoms with Crippen LogP contribution in [0.15, 0.2) is 42.5 Å². The van der Waals surface area contributed by atoms with Crippen LogP contribution in [0.4, 0.5) is 0 Å². The lowest BCUT2D eigenvalue weighted by Crippen LogP contribution is -2.23. The maximum atomic E-state index is 9.84. The van der Waals surface area contributed by atoms with E-state index in [-0.39, 0.29) is 10.8 Å². The Morgan fingerprint density at radius 1 is 0.815 bits per heavy atom. The molecular formula is C25H33NO. The minimum absolute atomic E-state index is 0.00174. The Labute approximate surface area is 165 Å². The summed E-state index contributed by atoms with van der Waals surface area (Å²) in [7, 11) is 0. The molecule has 0 saturated heterocycles. The highest BCUT2D eigenvalue weighted by atomic mass is 16.5. The molecule has 2 nitrogen and oxygen atoms in total. The van der Waals surface area contributed by atoms with Crippen LogP contribution in [0.2, 0.25) is 0 Å². The zero-order chi connectivity index (χ0) is 20.5. The molecule has 0 aliphatic heterocycles. The lowest BCUT2D eigenvalue weighted by Gasteiger charge is -2.32. The summed E-state index contributed by atoms with van der Waals surface area (Å²) < 4.78 is 6.39. The molecule has 144 valence electrons. The van der Waals surface area contributed by atoms with Gasteiger partial charge in [-0.25, -0.2) is 0 Å². The van der Waals surface area contributed by atoms with Crippen molar-refractivity contribution in [1.29, 1.82) is 5.26 Å². The largest absolute Gasteiger partial charge is 0.488 e. The van der Waals surface area contributed by atoms with Gasteiger partial charge in [0.25, 0.3) is 0 Å². The minimum atomic E-state index is -0.632. The number of nitriles is 1. The average Bonchev–Trinajstić information content (AvgIpc) is 2.58. The van der Waals surface area contributed by atoms with Crippen LogP contribution in [-0.4, -0.2) is 0 Å². The Balaban J connectivity index is 2.68. The Bertz CT molecular complexity index is 828. The van der Waals surface area contributed by atoms with Crippen molar-refractivity contribution in [3.05, 3.63) is 64.7 Å². The van der Waals surface area contributed by atoms with Crippen molar-refractivity contribution in [3.8, 4) is 11.8 Å². The summed E-state index contributed by atoms with van der Waals surface area (Å²) in [6.45, 7) is 17.7. The fraction of sp³-hybridized carbons (Fsp3) is 0.480. The molecule has 0 radical (unpaired) electrons. The zero-order valence-corrected chi connectivity index (χ0v) is 18.1. The highest BCUT2D eigenvalue weighted by Crippen LogP contribution is 2.43. The van der Waals surface area contributed by atoms with Crippen molar-refractivity contribution in [1.82, 2.24) is 0 Å². The van der Waals surface area contributed by atoms with Crippen molar-refractivity contribution in [2.45, 2.75) is 78.2 Å². The zero-order valence-electron chi connectivity index (χ0n) is 18.1. The van der Waals surface area contributed by atoms with Crippen LogP contribution >= 0.6 is 0 Å². The third kappa shape index (κ3) is 4.92. The van der Waals surface area contributed by atoms with Crippen LogP contribution in [0.25, 0.3) is 0 Å². The van der Waals surface area contributed by atoms with Gasteiger partial charge in [-0.3, -0.25) is 0 Å². The number of rotatable bonds is 4. The van der Waals surface area contributed by atoms with E-state index in [0.29, 0.717) is 6.61 Å². The summed E-state index contributed by atoms with van der Waals surface area (Å²) in [5.41, 5.74) is 3.76. The molecule has 0 heterocycles. The van der Waals surface area contributed by atoms with Gasteiger partial charge in [-0.05, 0) is 41.9 Å². The fourth-order valence-corrected chi connectivity index (χ4v) is 3.03. The molecule has 0 amide bonds. The van der Waals surface area contributed by atoms with E-state index in [2.05, 4.69) is 71.9 Å². The summed E-state index contributed by atoms with van der Waals surface area (Å²) >= 11 is 0. The van der Waals surface area contributed by atoms with Gasteiger partial charge in [0.2, 0.25) is 0 Å². The van der Waals surface area contributed by atoms with E-state index in [1.54, 1.807) is 0 Å². The molecule has 0 saturated carbocycles. The number of nitrogens with zero attached hydrogens (tertiary/aromatic N) is 1. The molecule has 0 fully saturated rings. The molecule has 2 aromatic rings. The lowest BCUT2D eigenvalue weighted by molar-refractivity contribution is 0.290. The van der Waals surface area contributed by atoms with Gasteiger partial charge in [-0.15, -0.1) is 0 Å².